The van der Waals surface area contributed by atoms with Crippen molar-refractivity contribution in [2.45, 2.75) is 32.6 Å². The van der Waals surface area contributed by atoms with Crippen LogP contribution in [0.2, 0.25) is 5.02 Å². The third-order valence-electron chi connectivity index (χ3n) is 3.84. The standard InChI is InChI=1S/C12H20ClN3/c1-3-10-12(13)11(16(2)15-10)6-8-4-5-9(8)7-14/h8-9H,3-7,14H2,1-2H3. The molecule has 0 aliphatic heterocycles. The van der Waals surface area contributed by atoms with Crippen LogP contribution in [-0.2, 0) is 19.9 Å². The minimum Gasteiger partial charge on any atom is -0.330 e. The second-order valence-electron chi connectivity index (χ2n) is 4.72. The Bertz CT molecular complexity index is 371. The van der Waals surface area contributed by atoms with Gasteiger partial charge in [-0.05, 0) is 44.1 Å². The Morgan fingerprint density at radius 1 is 1.44 bits per heavy atom. The van der Waals surface area contributed by atoms with Crippen LogP contribution in [0.5, 0.6) is 0 Å². The molecule has 2 N–H and O–H groups in total. The minimum atomic E-state index is 0.691. The number of nitrogens with zero attached hydrogens (tertiary/aromatic N) is 2. The van der Waals surface area contributed by atoms with Gasteiger partial charge in [0.05, 0.1) is 16.4 Å². The normalized spacial score (nSPS) is 24.5. The van der Waals surface area contributed by atoms with Gasteiger partial charge in [0.15, 0.2) is 0 Å². The van der Waals surface area contributed by atoms with Gasteiger partial charge in [0, 0.05) is 7.05 Å². The van der Waals surface area contributed by atoms with Gasteiger partial charge in [-0.1, -0.05) is 18.5 Å². The molecule has 2 atom stereocenters. The van der Waals surface area contributed by atoms with E-state index in [1.165, 1.54) is 18.5 Å². The molecule has 4 heteroatoms. The lowest BCUT2D eigenvalue weighted by atomic mass is 9.71. The monoisotopic (exact) mass is 241 g/mol. The van der Waals surface area contributed by atoms with Crippen LogP contribution in [0, 0.1) is 11.8 Å². The first-order valence-electron chi connectivity index (χ1n) is 6.07. The van der Waals surface area contributed by atoms with Crippen molar-refractivity contribution in [3.05, 3.63) is 16.4 Å². The van der Waals surface area contributed by atoms with Crippen LogP contribution < -0.4 is 5.73 Å². The van der Waals surface area contributed by atoms with Gasteiger partial charge in [-0.15, -0.1) is 0 Å². The Kier molecular flexibility index (Phi) is 3.55. The molecule has 90 valence electrons. The highest BCUT2D eigenvalue weighted by atomic mass is 35.5. The summed E-state index contributed by atoms with van der Waals surface area (Å²) in [5.41, 5.74) is 7.93. The van der Waals surface area contributed by atoms with Crippen molar-refractivity contribution in [2.75, 3.05) is 6.54 Å². The van der Waals surface area contributed by atoms with Crippen LogP contribution in [0.4, 0.5) is 0 Å². The van der Waals surface area contributed by atoms with Crippen LogP contribution >= 0.6 is 11.6 Å². The van der Waals surface area contributed by atoms with Gasteiger partial charge in [-0.3, -0.25) is 4.68 Å². The van der Waals surface area contributed by atoms with Crippen molar-refractivity contribution in [3.63, 3.8) is 0 Å². The molecule has 1 aliphatic rings. The van der Waals surface area contributed by atoms with Crippen molar-refractivity contribution in [2.24, 2.45) is 24.6 Å². The summed E-state index contributed by atoms with van der Waals surface area (Å²) in [6.07, 6.45) is 4.49. The summed E-state index contributed by atoms with van der Waals surface area (Å²) in [6, 6.07) is 0. The zero-order valence-electron chi connectivity index (χ0n) is 10.0. The van der Waals surface area contributed by atoms with E-state index in [4.69, 9.17) is 17.3 Å². The summed E-state index contributed by atoms with van der Waals surface area (Å²) in [7, 11) is 1.98. The van der Waals surface area contributed by atoms with Gasteiger partial charge in [0.25, 0.3) is 0 Å². The van der Waals surface area contributed by atoms with E-state index in [0.29, 0.717) is 11.8 Å². The number of hydrogen-bond acceptors (Lipinski definition) is 2. The molecule has 1 aromatic heterocycles. The topological polar surface area (TPSA) is 43.8 Å². The highest BCUT2D eigenvalue weighted by Gasteiger charge is 2.31. The first-order chi connectivity index (χ1) is 7.67. The molecule has 0 radical (unpaired) electrons. The van der Waals surface area contributed by atoms with Crippen LogP contribution in [0.25, 0.3) is 0 Å². The maximum Gasteiger partial charge on any atom is 0.0849 e. The molecule has 1 aliphatic carbocycles. The van der Waals surface area contributed by atoms with Gasteiger partial charge in [-0.2, -0.15) is 5.10 Å². The highest BCUT2D eigenvalue weighted by Crippen LogP contribution is 2.37. The van der Waals surface area contributed by atoms with Crippen molar-refractivity contribution < 1.29 is 0 Å². The lowest BCUT2D eigenvalue weighted by Crippen LogP contribution is -2.34. The third kappa shape index (κ3) is 1.98. The molecule has 1 saturated carbocycles. The van der Waals surface area contributed by atoms with E-state index in [2.05, 4.69) is 12.0 Å². The Morgan fingerprint density at radius 2 is 2.12 bits per heavy atom. The van der Waals surface area contributed by atoms with Gasteiger partial charge >= 0.3 is 0 Å². The van der Waals surface area contributed by atoms with E-state index in [1.54, 1.807) is 0 Å². The van der Waals surface area contributed by atoms with Gasteiger partial charge in [-0.25, -0.2) is 0 Å². The maximum atomic E-state index is 6.33. The first-order valence-corrected chi connectivity index (χ1v) is 6.45. The summed E-state index contributed by atoms with van der Waals surface area (Å²) in [4.78, 5) is 0. The number of aromatic nitrogens is 2. The van der Waals surface area contributed by atoms with E-state index in [0.717, 1.165) is 30.1 Å². The van der Waals surface area contributed by atoms with Crippen molar-refractivity contribution in [3.8, 4) is 0 Å². The summed E-state index contributed by atoms with van der Waals surface area (Å²) in [5, 5.41) is 5.31. The fourth-order valence-corrected chi connectivity index (χ4v) is 2.88. The van der Waals surface area contributed by atoms with Gasteiger partial charge in [0.1, 0.15) is 0 Å². The summed E-state index contributed by atoms with van der Waals surface area (Å²) in [6.45, 7) is 2.89. The molecule has 2 rings (SSSR count). The van der Waals surface area contributed by atoms with Crippen LogP contribution in [-0.4, -0.2) is 16.3 Å². The van der Waals surface area contributed by atoms with E-state index < -0.39 is 0 Å². The molecular weight excluding hydrogens is 222 g/mol. The Morgan fingerprint density at radius 3 is 2.56 bits per heavy atom. The van der Waals surface area contributed by atoms with Gasteiger partial charge < -0.3 is 5.73 Å². The molecule has 0 aromatic carbocycles. The average molecular weight is 242 g/mol. The predicted octanol–water partition coefficient (Wildman–Crippen LogP) is 2.16. The quantitative estimate of drug-likeness (QED) is 0.878. The number of hydrogen-bond donors (Lipinski definition) is 1. The largest absolute Gasteiger partial charge is 0.330 e. The lowest BCUT2D eigenvalue weighted by Gasteiger charge is -2.35. The van der Waals surface area contributed by atoms with Crippen LogP contribution in [0.3, 0.4) is 0 Å². The lowest BCUT2D eigenvalue weighted by molar-refractivity contribution is 0.180. The Labute approximate surface area is 102 Å². The Balaban J connectivity index is 2.12. The van der Waals surface area contributed by atoms with Crippen molar-refractivity contribution in [1.82, 2.24) is 9.78 Å². The Hall–Kier alpha value is -0.540. The molecule has 16 heavy (non-hydrogen) atoms. The smallest absolute Gasteiger partial charge is 0.0849 e. The molecule has 2 unspecified atom stereocenters. The summed E-state index contributed by atoms with van der Waals surface area (Å²) < 4.78 is 1.94. The minimum absolute atomic E-state index is 0.691. The maximum absolute atomic E-state index is 6.33. The molecular formula is C12H20ClN3. The van der Waals surface area contributed by atoms with Crippen LogP contribution in [0.15, 0.2) is 0 Å². The average Bonchev–Trinajstić information content (AvgIpc) is 2.50. The van der Waals surface area contributed by atoms with E-state index in [9.17, 15) is 0 Å². The zero-order chi connectivity index (χ0) is 11.7. The van der Waals surface area contributed by atoms with E-state index in [1.807, 2.05) is 11.7 Å². The number of halogens is 1. The number of nitrogens with two attached hydrogens (primary N) is 1. The molecule has 0 amide bonds. The third-order valence-corrected chi connectivity index (χ3v) is 4.27. The highest BCUT2D eigenvalue weighted by molar-refractivity contribution is 6.31. The molecule has 1 heterocycles. The molecule has 0 saturated heterocycles. The number of aryl methyl sites for hydroxylation is 2. The SMILES string of the molecule is CCc1nn(C)c(CC2CCC2CN)c1Cl. The molecule has 0 spiro atoms. The fourth-order valence-electron chi connectivity index (χ4n) is 2.51. The zero-order valence-corrected chi connectivity index (χ0v) is 10.8. The predicted molar refractivity (Wildman–Crippen MR) is 66.6 cm³/mol. The fraction of sp³-hybridized carbons (Fsp3) is 0.750. The van der Waals surface area contributed by atoms with E-state index >= 15 is 0 Å². The van der Waals surface area contributed by atoms with E-state index in [-0.39, 0.29) is 0 Å². The van der Waals surface area contributed by atoms with Gasteiger partial charge in [0.2, 0.25) is 0 Å². The van der Waals surface area contributed by atoms with Crippen molar-refractivity contribution in [1.29, 1.82) is 0 Å². The van der Waals surface area contributed by atoms with Crippen LogP contribution in [0.1, 0.15) is 31.2 Å². The second kappa shape index (κ2) is 4.76. The van der Waals surface area contributed by atoms with Crippen molar-refractivity contribution >= 4 is 11.6 Å². The second-order valence-corrected chi connectivity index (χ2v) is 5.10. The number of rotatable bonds is 4. The molecule has 0 bridgehead atoms. The molecule has 1 aromatic rings. The molecule has 3 nitrogen and oxygen atoms in total. The molecule has 1 fully saturated rings. The first kappa shape index (κ1) is 11.9. The summed E-state index contributed by atoms with van der Waals surface area (Å²) in [5.74, 6) is 1.40. The summed E-state index contributed by atoms with van der Waals surface area (Å²) >= 11 is 6.33.